The van der Waals surface area contributed by atoms with Crippen LogP contribution in [0.15, 0.2) is 91.0 Å². The van der Waals surface area contributed by atoms with E-state index in [0.717, 1.165) is 32.9 Å². The van der Waals surface area contributed by atoms with Crippen LogP contribution in [0.25, 0.3) is 21.8 Å². The van der Waals surface area contributed by atoms with E-state index in [4.69, 9.17) is 4.98 Å². The third-order valence-electron chi connectivity index (χ3n) is 5.76. The van der Waals surface area contributed by atoms with Gasteiger partial charge in [0.05, 0.1) is 11.0 Å². The van der Waals surface area contributed by atoms with E-state index in [9.17, 15) is 9.59 Å². The van der Waals surface area contributed by atoms with Crippen molar-refractivity contribution in [1.82, 2.24) is 4.98 Å². The number of fused-ring (bicyclic) bond motifs is 2. The summed E-state index contributed by atoms with van der Waals surface area (Å²) in [4.78, 5) is 29.9. The zero-order valence-corrected chi connectivity index (χ0v) is 18.9. The Morgan fingerprint density at radius 3 is 1.38 bits per heavy atom. The molecule has 5 rings (SSSR count). The minimum atomic E-state index is -0.166. The van der Waals surface area contributed by atoms with Gasteiger partial charge in [0.25, 0.3) is 11.8 Å². The molecule has 166 valence electrons. The average molecular weight is 446 g/mol. The van der Waals surface area contributed by atoms with Gasteiger partial charge in [-0.2, -0.15) is 0 Å². The Hall–Kier alpha value is -4.51. The van der Waals surface area contributed by atoms with Crippen molar-refractivity contribution in [3.05, 3.63) is 113 Å². The van der Waals surface area contributed by atoms with Gasteiger partial charge in [0.15, 0.2) is 0 Å². The summed E-state index contributed by atoms with van der Waals surface area (Å²) in [5.74, 6) is -0.331. The number of carbonyl (C=O) groups is 2. The van der Waals surface area contributed by atoms with Crippen molar-refractivity contribution in [2.24, 2.45) is 0 Å². The zero-order valence-electron chi connectivity index (χ0n) is 18.9. The number of amides is 2. The van der Waals surface area contributed by atoms with E-state index in [1.807, 2.05) is 98.8 Å². The zero-order chi connectivity index (χ0) is 23.7. The lowest BCUT2D eigenvalue weighted by Gasteiger charge is -2.09. The second kappa shape index (κ2) is 8.79. The topological polar surface area (TPSA) is 71.1 Å². The maximum atomic E-state index is 12.6. The second-order valence-corrected chi connectivity index (χ2v) is 8.44. The second-order valence-electron chi connectivity index (χ2n) is 8.44. The number of anilines is 2. The molecule has 5 aromatic rings. The summed E-state index contributed by atoms with van der Waals surface area (Å²) >= 11 is 0. The van der Waals surface area contributed by atoms with Crippen molar-refractivity contribution in [2.75, 3.05) is 10.6 Å². The van der Waals surface area contributed by atoms with E-state index in [-0.39, 0.29) is 11.8 Å². The van der Waals surface area contributed by atoms with Crippen LogP contribution in [-0.2, 0) is 0 Å². The third-order valence-corrected chi connectivity index (χ3v) is 5.76. The number of pyridine rings is 1. The van der Waals surface area contributed by atoms with Crippen LogP contribution < -0.4 is 10.6 Å². The van der Waals surface area contributed by atoms with Gasteiger partial charge in [-0.05, 0) is 68.4 Å². The Kier molecular flexibility index (Phi) is 5.52. The summed E-state index contributed by atoms with van der Waals surface area (Å²) in [6, 6.07) is 28.3. The molecule has 0 unspecified atom stereocenters. The van der Waals surface area contributed by atoms with Crippen molar-refractivity contribution in [3.63, 3.8) is 0 Å². The van der Waals surface area contributed by atoms with Gasteiger partial charge in [0, 0.05) is 33.3 Å². The molecule has 0 bridgehead atoms. The summed E-state index contributed by atoms with van der Waals surface area (Å²) in [6.07, 6.45) is 0. The van der Waals surface area contributed by atoms with Crippen LogP contribution in [0.1, 0.15) is 31.8 Å². The molecule has 5 heteroatoms. The van der Waals surface area contributed by atoms with Gasteiger partial charge < -0.3 is 10.6 Å². The van der Waals surface area contributed by atoms with E-state index in [1.54, 1.807) is 0 Å². The Morgan fingerprint density at radius 1 is 0.559 bits per heavy atom. The summed E-state index contributed by atoms with van der Waals surface area (Å²) in [6.45, 7) is 3.97. The minimum absolute atomic E-state index is 0.166. The molecule has 0 spiro atoms. The first-order valence-electron chi connectivity index (χ1n) is 11.1. The quantitative estimate of drug-likeness (QED) is 0.310. The van der Waals surface area contributed by atoms with Crippen LogP contribution in [0.5, 0.6) is 0 Å². The molecule has 1 heterocycles. The molecular formula is C29H23N3O2. The predicted octanol–water partition coefficient (Wildman–Crippen LogP) is 6.51. The molecule has 0 aliphatic carbocycles. The number of carbonyl (C=O) groups excluding carboxylic acids is 2. The number of aromatic nitrogens is 1. The Labute approximate surface area is 197 Å². The number of hydrogen-bond acceptors (Lipinski definition) is 3. The number of hydrogen-bond donors (Lipinski definition) is 2. The van der Waals surface area contributed by atoms with E-state index in [1.165, 1.54) is 0 Å². The molecule has 0 saturated heterocycles. The first-order valence-corrected chi connectivity index (χ1v) is 11.1. The Balaban J connectivity index is 1.40. The van der Waals surface area contributed by atoms with E-state index in [0.29, 0.717) is 22.5 Å². The predicted molar refractivity (Wildman–Crippen MR) is 138 cm³/mol. The SMILES string of the molecule is Cc1ccc(C(=O)Nc2ccc3cc4ccc(NC(=O)c5ccc(C)cc5)cc4nc3c2)cc1. The highest BCUT2D eigenvalue weighted by Gasteiger charge is 2.09. The lowest BCUT2D eigenvalue weighted by molar-refractivity contribution is 0.101. The molecule has 4 aromatic carbocycles. The molecule has 34 heavy (non-hydrogen) atoms. The molecule has 0 fully saturated rings. The summed E-state index contributed by atoms with van der Waals surface area (Å²) in [7, 11) is 0. The average Bonchev–Trinajstić information content (AvgIpc) is 2.83. The summed E-state index contributed by atoms with van der Waals surface area (Å²) in [5.41, 5.74) is 6.28. The summed E-state index contributed by atoms with van der Waals surface area (Å²) in [5, 5.41) is 7.82. The molecular weight excluding hydrogens is 422 g/mol. The van der Waals surface area contributed by atoms with Crippen LogP contribution >= 0.6 is 0 Å². The van der Waals surface area contributed by atoms with Gasteiger partial charge in [0.1, 0.15) is 0 Å². The fourth-order valence-corrected chi connectivity index (χ4v) is 3.79. The molecule has 2 amide bonds. The molecule has 0 atom stereocenters. The fourth-order valence-electron chi connectivity index (χ4n) is 3.79. The molecule has 0 saturated carbocycles. The third kappa shape index (κ3) is 4.50. The number of nitrogens with zero attached hydrogens (tertiary/aromatic N) is 1. The Morgan fingerprint density at radius 2 is 0.971 bits per heavy atom. The number of nitrogens with one attached hydrogen (secondary N) is 2. The summed E-state index contributed by atoms with van der Waals surface area (Å²) < 4.78 is 0. The van der Waals surface area contributed by atoms with Crippen LogP contribution in [0.4, 0.5) is 11.4 Å². The maximum absolute atomic E-state index is 12.6. The van der Waals surface area contributed by atoms with Crippen LogP contribution in [0.3, 0.4) is 0 Å². The standard InChI is InChI=1S/C29H23N3O2/c1-18-3-7-20(8-4-18)28(33)30-24-13-11-22-15-23-12-14-25(17-27(23)32-26(22)16-24)31-29(34)21-9-5-19(2)6-10-21/h3-17H,1-2H3,(H,30,33)(H,31,34). The smallest absolute Gasteiger partial charge is 0.255 e. The van der Waals surface area contributed by atoms with Crippen molar-refractivity contribution < 1.29 is 9.59 Å². The highest BCUT2D eigenvalue weighted by molar-refractivity contribution is 6.06. The van der Waals surface area contributed by atoms with Crippen LogP contribution in [-0.4, -0.2) is 16.8 Å². The van der Waals surface area contributed by atoms with Gasteiger partial charge in [-0.3, -0.25) is 9.59 Å². The van der Waals surface area contributed by atoms with Gasteiger partial charge in [-0.25, -0.2) is 4.98 Å². The monoisotopic (exact) mass is 445 g/mol. The number of aryl methyl sites for hydroxylation is 2. The molecule has 0 aliphatic rings. The molecule has 1 aromatic heterocycles. The lowest BCUT2D eigenvalue weighted by Crippen LogP contribution is -2.12. The van der Waals surface area contributed by atoms with E-state index < -0.39 is 0 Å². The molecule has 0 aliphatic heterocycles. The molecule has 5 nitrogen and oxygen atoms in total. The maximum Gasteiger partial charge on any atom is 0.255 e. The van der Waals surface area contributed by atoms with E-state index >= 15 is 0 Å². The molecule has 2 N–H and O–H groups in total. The fraction of sp³-hybridized carbons (Fsp3) is 0.0690. The normalized spacial score (nSPS) is 10.9. The first-order chi connectivity index (χ1) is 16.4. The van der Waals surface area contributed by atoms with Gasteiger partial charge >= 0.3 is 0 Å². The van der Waals surface area contributed by atoms with Gasteiger partial charge in [-0.15, -0.1) is 0 Å². The Bertz CT molecular complexity index is 1420. The molecule has 0 radical (unpaired) electrons. The van der Waals surface area contributed by atoms with Crippen molar-refractivity contribution in [2.45, 2.75) is 13.8 Å². The van der Waals surface area contributed by atoms with E-state index in [2.05, 4.69) is 16.7 Å². The van der Waals surface area contributed by atoms with Crippen LogP contribution in [0, 0.1) is 13.8 Å². The minimum Gasteiger partial charge on any atom is -0.322 e. The van der Waals surface area contributed by atoms with Crippen LogP contribution in [0.2, 0.25) is 0 Å². The number of benzene rings is 4. The number of rotatable bonds is 4. The van der Waals surface area contributed by atoms with Crippen molar-refractivity contribution >= 4 is 45.0 Å². The van der Waals surface area contributed by atoms with Crippen molar-refractivity contribution in [3.8, 4) is 0 Å². The van der Waals surface area contributed by atoms with Crippen molar-refractivity contribution in [1.29, 1.82) is 0 Å². The van der Waals surface area contributed by atoms with Gasteiger partial charge in [-0.1, -0.05) is 47.5 Å². The first kappa shape index (κ1) is 21.3. The highest BCUT2D eigenvalue weighted by Crippen LogP contribution is 2.25. The lowest BCUT2D eigenvalue weighted by atomic mass is 10.1. The largest absolute Gasteiger partial charge is 0.322 e. The highest BCUT2D eigenvalue weighted by atomic mass is 16.2. The van der Waals surface area contributed by atoms with Gasteiger partial charge in [0.2, 0.25) is 0 Å².